The molecule has 0 amide bonds. The van der Waals surface area contributed by atoms with Crippen molar-refractivity contribution < 1.29 is 81.6 Å². The molecule has 2 unspecified atom stereocenters. The first-order chi connectivity index (χ1) is 45.8. The number of Topliss-reactive ketones (excluding diaryl/α,β-unsaturated/α-hetero) is 1. The summed E-state index contributed by atoms with van der Waals surface area (Å²) in [5.41, 5.74) is -6.57. The van der Waals surface area contributed by atoms with Crippen LogP contribution in [0.3, 0.4) is 0 Å². The van der Waals surface area contributed by atoms with Crippen molar-refractivity contribution in [2.75, 3.05) is 5.75 Å². The number of carbonyl (C=O) groups excluding carboxylic acids is 2. The lowest BCUT2D eigenvalue weighted by Gasteiger charge is -2.33. The number of alkyl halides is 4. The van der Waals surface area contributed by atoms with Crippen LogP contribution in [0.4, 0.5) is 26.3 Å². The molecule has 10 heterocycles. The van der Waals surface area contributed by atoms with E-state index in [1.54, 1.807) is 20.8 Å². The zero-order valence-corrected chi connectivity index (χ0v) is 56.5. The molecule has 1 saturated carbocycles. The largest absolute Gasteiger partial charge is 0.444 e. The fraction of sp³-hybridized carbons (Fsp3) is 0.508. The summed E-state index contributed by atoms with van der Waals surface area (Å²) in [5.74, 6) is -3.60. The van der Waals surface area contributed by atoms with Crippen LogP contribution in [-0.4, -0.2) is 108 Å². The van der Waals surface area contributed by atoms with Gasteiger partial charge in [0.15, 0.2) is 15.6 Å². The molecule has 0 N–H and O–H groups in total. The first-order valence-electron chi connectivity index (χ1n) is 31.3. The van der Waals surface area contributed by atoms with Gasteiger partial charge in [-0.15, -0.1) is 22.7 Å². The summed E-state index contributed by atoms with van der Waals surface area (Å²) in [7, 11) is -3.92. The van der Waals surface area contributed by atoms with Crippen molar-refractivity contribution in [1.82, 2.24) is 28.2 Å². The number of carbonyl (C=O) groups is 2. The Bertz CT molecular complexity index is 4690. The number of oxazole rings is 2. The van der Waals surface area contributed by atoms with E-state index in [-0.39, 0.29) is 85.8 Å². The van der Waals surface area contributed by atoms with Crippen LogP contribution in [-0.2, 0) is 62.5 Å². The minimum atomic E-state index is -3.92. The number of hydrogen-bond acceptors (Lipinski definition) is 20. The third kappa shape index (κ3) is 13.6. The highest BCUT2D eigenvalue weighted by atomic mass is 35.5. The molecule has 2 aromatic carbocycles. The Morgan fingerprint density at radius 2 is 1.05 bits per heavy atom. The predicted octanol–water partition coefficient (Wildman–Crippen LogP) is 11.6. The summed E-state index contributed by atoms with van der Waals surface area (Å²) in [6, 6.07) is 6.11. The molecule has 4 aliphatic heterocycles. The van der Waals surface area contributed by atoms with E-state index >= 15 is 0 Å². The Balaban J connectivity index is 0.000000187. The summed E-state index contributed by atoms with van der Waals surface area (Å²) >= 11 is 7.95. The van der Waals surface area contributed by atoms with Crippen molar-refractivity contribution in [3.63, 3.8) is 0 Å². The summed E-state index contributed by atoms with van der Waals surface area (Å²) in [5, 5.41) is -0.830. The van der Waals surface area contributed by atoms with Crippen LogP contribution in [0.2, 0.25) is 0 Å². The van der Waals surface area contributed by atoms with Crippen molar-refractivity contribution in [2.24, 2.45) is 0 Å². The molecule has 32 heteroatoms. The first-order valence-corrected chi connectivity index (χ1v) is 34.9. The van der Waals surface area contributed by atoms with Crippen LogP contribution in [0.5, 0.6) is 11.5 Å². The number of hydrogen-bond donors (Lipinski definition) is 0. The normalized spacial score (nSPS) is 21.3. The van der Waals surface area contributed by atoms with Crippen LogP contribution in [0.25, 0.3) is 42.0 Å². The molecule has 4 bridgehead atoms. The molecule has 6 aromatic heterocycles. The molecular weight excluding hydrogens is 1370 g/mol. The molecule has 5 aliphatic rings. The molecule has 0 spiro atoms. The van der Waals surface area contributed by atoms with Crippen LogP contribution in [0.1, 0.15) is 133 Å². The van der Waals surface area contributed by atoms with Crippen molar-refractivity contribution >= 4 is 75.6 Å². The van der Waals surface area contributed by atoms with Crippen LogP contribution < -0.4 is 32.0 Å². The summed E-state index contributed by atoms with van der Waals surface area (Å²) in [6.07, 6.45) is 8.00. The average molecular weight is 1430 g/mol. The van der Waals surface area contributed by atoms with E-state index in [4.69, 9.17) is 48.9 Å². The third-order valence-corrected chi connectivity index (χ3v) is 24.6. The van der Waals surface area contributed by atoms with Gasteiger partial charge in [-0.05, 0) is 172 Å². The minimum Gasteiger partial charge on any atom is -0.444 e. The van der Waals surface area contributed by atoms with Crippen molar-refractivity contribution in [2.45, 2.75) is 204 Å². The van der Waals surface area contributed by atoms with Gasteiger partial charge in [-0.25, -0.2) is 45.9 Å². The molecular formula is C65H67ClF6N6O16S3. The number of halogens is 7. The highest BCUT2D eigenvalue weighted by molar-refractivity contribution is 7.93. The number of aryl methyl sites for hydroxylation is 2. The maximum absolute atomic E-state index is 14.9. The number of rotatable bonds is 23. The summed E-state index contributed by atoms with van der Waals surface area (Å²) < 4.78 is 159. The van der Waals surface area contributed by atoms with Crippen LogP contribution in [0, 0.1) is 25.5 Å². The Morgan fingerprint density at radius 1 is 0.660 bits per heavy atom. The Kier molecular flexibility index (Phi) is 19.2. The molecule has 22 nitrogen and oxygen atoms in total. The average Bonchev–Trinajstić information content (AvgIpc) is 1.67. The Labute approximate surface area is 561 Å². The fourth-order valence-electron chi connectivity index (χ4n) is 13.3. The third-order valence-electron chi connectivity index (χ3n) is 19.0. The Morgan fingerprint density at radius 3 is 1.40 bits per heavy atom. The van der Waals surface area contributed by atoms with Crippen LogP contribution in [0.15, 0.2) is 89.3 Å². The highest BCUT2D eigenvalue weighted by Crippen LogP contribution is 2.46. The van der Waals surface area contributed by atoms with Gasteiger partial charge in [0.25, 0.3) is 11.1 Å². The summed E-state index contributed by atoms with van der Waals surface area (Å²) in [6.45, 7) is 2.85. The molecule has 520 valence electrons. The van der Waals surface area contributed by atoms with E-state index in [2.05, 4.69) is 9.97 Å². The number of ketones is 1. The number of ether oxygens (including phenoxy) is 6. The molecule has 4 saturated heterocycles. The second kappa shape index (κ2) is 26.8. The number of nitrogens with zero attached hydrogens (tertiary/aromatic N) is 6. The van der Waals surface area contributed by atoms with Crippen LogP contribution >= 0.6 is 34.3 Å². The van der Waals surface area contributed by atoms with Gasteiger partial charge in [0, 0.05) is 11.1 Å². The second-order valence-electron chi connectivity index (χ2n) is 26.2. The van der Waals surface area contributed by atoms with E-state index in [1.165, 1.54) is 61.7 Å². The monoisotopic (exact) mass is 1430 g/mol. The van der Waals surface area contributed by atoms with E-state index in [0.717, 1.165) is 93.9 Å². The lowest BCUT2D eigenvalue weighted by molar-refractivity contribution is -0.124. The van der Waals surface area contributed by atoms with Crippen molar-refractivity contribution in [1.29, 1.82) is 0 Å². The number of benzene rings is 2. The van der Waals surface area contributed by atoms with Crippen molar-refractivity contribution in [3.05, 3.63) is 137 Å². The lowest BCUT2D eigenvalue weighted by atomic mass is 9.99. The van der Waals surface area contributed by atoms with E-state index < -0.39 is 121 Å². The minimum absolute atomic E-state index is 0.0295. The maximum Gasteiger partial charge on any atom is 0.387 e. The SMILES string of the molecule is Cc1c(-c2ncco2)sc2c1c(=O)n(C(C)(C)C(=O)CS(=O)(=O)C1(C)CC1)c(=O)n2C[C@H](OC1C[C@H]2CC[C@@H](C1)O2)c1cc(F)ccc1OC(F)F.Cc1c(-c2ncco2)sc2c1c(=O)n(C(C)(C)C(=O)Cl)c(=O)n2C[C@H](OC1C[C@H]2CC[C@@H](C1)O2)c1cc(F)ccc1OC(F)F. The van der Waals surface area contributed by atoms with Gasteiger partial charge in [-0.1, -0.05) is 0 Å². The van der Waals surface area contributed by atoms with Gasteiger partial charge in [-0.3, -0.25) is 28.3 Å². The Hall–Kier alpha value is -7.26. The highest BCUT2D eigenvalue weighted by Gasteiger charge is 2.52. The molecule has 8 atom stereocenters. The smallest absolute Gasteiger partial charge is 0.387 e. The molecule has 1 aliphatic carbocycles. The maximum atomic E-state index is 14.9. The molecule has 5 fully saturated rings. The van der Waals surface area contributed by atoms with E-state index in [9.17, 15) is 63.5 Å². The lowest BCUT2D eigenvalue weighted by Crippen LogP contribution is -2.54. The molecule has 8 aromatic rings. The quantitative estimate of drug-likeness (QED) is 0.0425. The number of thiophene rings is 2. The van der Waals surface area contributed by atoms with Gasteiger partial charge in [-0.2, -0.15) is 17.6 Å². The van der Waals surface area contributed by atoms with Gasteiger partial charge in [0.1, 0.15) is 74.4 Å². The van der Waals surface area contributed by atoms with E-state index in [0.29, 0.717) is 59.4 Å². The standard InChI is InChI=1S/C35H38F3N3O9S2.C30H29ClF3N3O7S/c1-18-27-30(43)41(34(2,3)26(42)17-52(45,46)35(4)9-10-35)33(44)40(31(27)51-28(18)29-39-11-12-47-29)16-25(49-22-14-20-6-7-21(15-22)48-20)23-13-19(36)5-8-24(23)50-32(37)38;1-14-22-25(38)37(30(2,3)27(31)39)29(40)36(26(22)45-23(14)24-35-8-9-41-24)13-21(43-18-11-16-5-6-17(12-18)42-16)19-10-15(32)4-7-20(19)44-28(33)34/h5,8,11-13,20-22,25,32H,6-7,9-10,14-17H2,1-4H3;4,7-10,16-18,21,28H,5-6,11-13H2,1-3H3/t20-,21+,22?,25-;16-,17+,18?,21-/m00/s1. The second-order valence-corrected chi connectivity index (χ2v) is 31.1. The predicted molar refractivity (Wildman–Crippen MR) is 343 cm³/mol. The van der Waals surface area contributed by atoms with Gasteiger partial charge < -0.3 is 37.3 Å². The number of fused-ring (bicyclic) bond motifs is 6. The fourth-order valence-corrected chi connectivity index (χ4v) is 17.7. The van der Waals surface area contributed by atoms with Gasteiger partial charge in [0.05, 0.1) is 87.4 Å². The number of aromatic nitrogens is 6. The molecule has 97 heavy (non-hydrogen) atoms. The number of sulfone groups is 1. The first kappa shape index (κ1) is 69.6. The molecule has 13 rings (SSSR count). The van der Waals surface area contributed by atoms with Gasteiger partial charge in [0.2, 0.25) is 17.0 Å². The zero-order chi connectivity index (χ0) is 69.5. The van der Waals surface area contributed by atoms with Gasteiger partial charge >= 0.3 is 24.6 Å². The summed E-state index contributed by atoms with van der Waals surface area (Å²) in [4.78, 5) is 93.3. The topological polar surface area (TPSA) is 264 Å². The van der Waals surface area contributed by atoms with Crippen molar-refractivity contribution in [3.8, 4) is 33.0 Å². The van der Waals surface area contributed by atoms with E-state index in [1.807, 2.05) is 0 Å². The zero-order valence-electron chi connectivity index (χ0n) is 53.3. The molecule has 0 radical (unpaired) electrons.